The lowest BCUT2D eigenvalue weighted by Gasteiger charge is -2.52. The molecular weight excluding hydrogens is 504 g/mol. The lowest BCUT2D eigenvalue weighted by Crippen LogP contribution is -2.74. The molecule has 12 heteroatoms. The van der Waals surface area contributed by atoms with Crippen molar-refractivity contribution in [1.82, 2.24) is 9.88 Å². The smallest absolute Gasteiger partial charge is 0.235 e. The fourth-order valence-electron chi connectivity index (χ4n) is 5.99. The van der Waals surface area contributed by atoms with Gasteiger partial charge in [0.2, 0.25) is 5.91 Å². The van der Waals surface area contributed by atoms with Crippen LogP contribution in [0, 0.1) is 29.1 Å². The molecule has 1 amide bonds. The maximum absolute atomic E-state index is 13.8. The third-order valence-corrected chi connectivity index (χ3v) is 7.97. The van der Waals surface area contributed by atoms with Crippen LogP contribution in [0.2, 0.25) is 5.15 Å². The van der Waals surface area contributed by atoms with E-state index in [4.69, 9.17) is 17.3 Å². The maximum atomic E-state index is 13.8. The fourth-order valence-corrected chi connectivity index (χ4v) is 6.25. The quantitative estimate of drug-likeness (QED) is 0.311. The van der Waals surface area contributed by atoms with Gasteiger partial charge >= 0.3 is 0 Å². The summed E-state index contributed by atoms with van der Waals surface area (Å²) in [6.07, 6.45) is 0.00972. The molecule has 2 saturated carbocycles. The zero-order chi connectivity index (χ0) is 27.8. The van der Waals surface area contributed by atoms with Crippen LogP contribution < -0.4 is 11.1 Å². The molecule has 1 heterocycles. The third kappa shape index (κ3) is 4.04. The predicted molar refractivity (Wildman–Crippen MR) is 132 cm³/mol. The van der Waals surface area contributed by atoms with Crippen LogP contribution in [0.3, 0.4) is 0 Å². The number of aromatic nitrogens is 1. The number of primary amides is 1. The summed E-state index contributed by atoms with van der Waals surface area (Å²) in [4.78, 5) is 71.6. The lowest BCUT2D eigenvalue weighted by atomic mass is 9.52. The highest BCUT2D eigenvalue weighted by Crippen LogP contribution is 2.51. The molecule has 5 N–H and O–H groups in total. The zero-order valence-corrected chi connectivity index (χ0v) is 22.0. The first-order valence-corrected chi connectivity index (χ1v) is 12.4. The first-order valence-electron chi connectivity index (χ1n) is 12.0. The van der Waals surface area contributed by atoms with Crippen molar-refractivity contribution in [3.05, 3.63) is 16.3 Å². The number of Topliss-reactive ketones (excluding diaryl/α,β-unsaturated/α-hetero) is 4. The molecule has 2 unspecified atom stereocenters. The lowest BCUT2D eigenvalue weighted by molar-refractivity contribution is -0.181. The molecule has 0 spiro atoms. The van der Waals surface area contributed by atoms with E-state index < -0.39 is 70.1 Å². The molecule has 3 aliphatic rings. The van der Waals surface area contributed by atoms with E-state index >= 15 is 0 Å². The highest BCUT2D eigenvalue weighted by molar-refractivity contribution is 6.34. The number of ketones is 4. The van der Waals surface area contributed by atoms with Gasteiger partial charge in [-0.05, 0) is 38.3 Å². The molecule has 4 rings (SSSR count). The van der Waals surface area contributed by atoms with Crippen LogP contribution in [-0.2, 0) is 25.6 Å². The summed E-state index contributed by atoms with van der Waals surface area (Å²) in [7, 11) is 3.05. The van der Waals surface area contributed by atoms with Crippen molar-refractivity contribution in [2.75, 3.05) is 26.0 Å². The van der Waals surface area contributed by atoms with Crippen molar-refractivity contribution >= 4 is 46.5 Å². The summed E-state index contributed by atoms with van der Waals surface area (Å²) in [5.74, 6) is -11.2. The minimum atomic E-state index is -2.77. The summed E-state index contributed by atoms with van der Waals surface area (Å²) in [6.45, 7) is 6.26. The van der Waals surface area contributed by atoms with Crippen LogP contribution >= 0.6 is 11.6 Å². The van der Waals surface area contributed by atoms with E-state index in [-0.39, 0.29) is 40.4 Å². The molecule has 2 fully saturated rings. The summed E-state index contributed by atoms with van der Waals surface area (Å²) in [6, 6.07) is -1.16. The number of fused-ring (bicyclic) bond motifs is 3. The monoisotopic (exact) mass is 534 g/mol. The second-order valence-corrected chi connectivity index (χ2v) is 12.0. The number of nitrogens with one attached hydrogen (secondary N) is 1. The van der Waals surface area contributed by atoms with Crippen molar-refractivity contribution in [3.63, 3.8) is 0 Å². The minimum absolute atomic E-state index is 0.0157. The summed E-state index contributed by atoms with van der Waals surface area (Å²) in [5, 5.41) is 25.5. The molecular formula is C25H31ClN4O7. The third-order valence-electron chi connectivity index (χ3n) is 7.66. The number of rotatable bonds is 4. The number of hydrogen-bond donors (Lipinski definition) is 4. The molecule has 6 atom stereocenters. The van der Waals surface area contributed by atoms with E-state index in [9.17, 15) is 34.2 Å². The van der Waals surface area contributed by atoms with E-state index in [1.807, 2.05) is 20.8 Å². The van der Waals surface area contributed by atoms with Crippen LogP contribution in [0.4, 0.5) is 5.82 Å². The van der Waals surface area contributed by atoms with Crippen molar-refractivity contribution in [2.24, 2.45) is 34.8 Å². The Labute approximate surface area is 218 Å². The molecule has 0 saturated heterocycles. The second kappa shape index (κ2) is 8.85. The molecule has 0 aliphatic heterocycles. The number of nitrogens with two attached hydrogens (primary N) is 1. The highest BCUT2D eigenvalue weighted by atomic mass is 35.5. The summed E-state index contributed by atoms with van der Waals surface area (Å²) < 4.78 is 0. The molecule has 37 heavy (non-hydrogen) atoms. The zero-order valence-electron chi connectivity index (χ0n) is 21.3. The number of amides is 1. The Hall–Kier alpha value is -2.89. The van der Waals surface area contributed by atoms with E-state index in [0.29, 0.717) is 6.54 Å². The van der Waals surface area contributed by atoms with Gasteiger partial charge in [0, 0.05) is 18.0 Å². The van der Waals surface area contributed by atoms with E-state index in [2.05, 4.69) is 10.3 Å². The number of aromatic hydroxyl groups is 1. The van der Waals surface area contributed by atoms with Crippen LogP contribution in [0.25, 0.3) is 0 Å². The second-order valence-electron chi connectivity index (χ2n) is 11.7. The van der Waals surface area contributed by atoms with Crippen molar-refractivity contribution in [2.45, 2.75) is 45.3 Å². The number of carbonyl (C=O) groups excluding carboxylic acids is 5. The van der Waals surface area contributed by atoms with Crippen LogP contribution in [0.15, 0.2) is 0 Å². The van der Waals surface area contributed by atoms with Gasteiger partial charge in [0.05, 0.1) is 17.5 Å². The number of halogens is 1. The van der Waals surface area contributed by atoms with E-state index in [0.717, 1.165) is 0 Å². The Bertz CT molecular complexity index is 1240. The van der Waals surface area contributed by atoms with Gasteiger partial charge < -0.3 is 21.3 Å². The SMILES string of the molecule is CN(C)[C@@H]1C(=O)C(C(N)=O)C(=O)[C@@]2(O)C(=O)C3C(=O)c4c(O)c(NCC(C)(C)C)nc(Cl)c4C[C@H]3C[C@@H]12. The Morgan fingerprint density at radius 1 is 1.22 bits per heavy atom. The van der Waals surface area contributed by atoms with E-state index in [1.54, 1.807) is 0 Å². The van der Waals surface area contributed by atoms with Crippen molar-refractivity contribution in [3.8, 4) is 5.75 Å². The minimum Gasteiger partial charge on any atom is -0.504 e. The topological polar surface area (TPSA) is 180 Å². The number of likely N-dealkylation sites (N-methyl/N-ethyl adjacent to an activating group) is 1. The molecule has 1 aromatic heterocycles. The number of carbonyl (C=O) groups is 5. The van der Waals surface area contributed by atoms with Gasteiger partial charge in [-0.2, -0.15) is 0 Å². The molecule has 11 nitrogen and oxygen atoms in total. The molecule has 0 radical (unpaired) electrons. The fraction of sp³-hybridized carbons (Fsp3) is 0.600. The Morgan fingerprint density at radius 2 is 1.84 bits per heavy atom. The Morgan fingerprint density at radius 3 is 2.38 bits per heavy atom. The van der Waals surface area contributed by atoms with Crippen molar-refractivity contribution < 1.29 is 34.2 Å². The average molecular weight is 535 g/mol. The number of anilines is 1. The van der Waals surface area contributed by atoms with Gasteiger partial charge in [-0.1, -0.05) is 32.4 Å². The normalized spacial score (nSPS) is 31.6. The van der Waals surface area contributed by atoms with Crippen LogP contribution in [0.1, 0.15) is 43.1 Å². The summed E-state index contributed by atoms with van der Waals surface area (Å²) >= 11 is 6.43. The first kappa shape index (κ1) is 27.2. The van der Waals surface area contributed by atoms with E-state index in [1.165, 1.54) is 19.0 Å². The van der Waals surface area contributed by atoms with Gasteiger partial charge in [-0.3, -0.25) is 28.9 Å². The molecule has 0 aromatic carbocycles. The Balaban J connectivity index is 1.82. The van der Waals surface area contributed by atoms with Crippen LogP contribution in [-0.4, -0.2) is 81.4 Å². The largest absolute Gasteiger partial charge is 0.504 e. The Kier molecular flexibility index (Phi) is 6.49. The number of pyridine rings is 1. The van der Waals surface area contributed by atoms with Gasteiger partial charge in [0.1, 0.15) is 5.15 Å². The molecule has 200 valence electrons. The van der Waals surface area contributed by atoms with Gasteiger partial charge in [0.25, 0.3) is 0 Å². The number of hydrogen-bond acceptors (Lipinski definition) is 10. The molecule has 1 aromatic rings. The number of nitrogens with zero attached hydrogens (tertiary/aromatic N) is 2. The van der Waals surface area contributed by atoms with Gasteiger partial charge in [0.15, 0.2) is 46.2 Å². The highest BCUT2D eigenvalue weighted by Gasteiger charge is 2.69. The predicted octanol–water partition coefficient (Wildman–Crippen LogP) is 0.373. The summed E-state index contributed by atoms with van der Waals surface area (Å²) in [5.41, 5.74) is 2.43. The molecule has 0 bridgehead atoms. The number of aliphatic hydroxyl groups is 1. The van der Waals surface area contributed by atoms with Crippen molar-refractivity contribution in [1.29, 1.82) is 0 Å². The average Bonchev–Trinajstić information content (AvgIpc) is 2.76. The van der Waals surface area contributed by atoms with Gasteiger partial charge in [-0.25, -0.2) is 4.98 Å². The van der Waals surface area contributed by atoms with Crippen LogP contribution in [0.5, 0.6) is 5.75 Å². The molecule has 3 aliphatic carbocycles. The first-order chi connectivity index (χ1) is 17.0. The standard InChI is InChI=1S/C25H31ClN4O7/c1-24(2,3)8-28-23-18(33)13-10(21(26)29-23)6-9-7-11-15(30(4)5)17(32)14(22(27)36)20(35)25(11,37)19(34)12(9)16(13)31/h9,11-12,14-15,33,37H,6-8H2,1-5H3,(H2,27,36)(H,28,29)/t9-,11-,12?,14?,15-,25-/m0/s1. The maximum Gasteiger partial charge on any atom is 0.235 e. The van der Waals surface area contributed by atoms with Gasteiger partial charge in [-0.15, -0.1) is 0 Å².